The van der Waals surface area contributed by atoms with Crippen LogP contribution in [0.5, 0.6) is 0 Å². The molecule has 120 valence electrons. The van der Waals surface area contributed by atoms with Crippen LogP contribution >= 0.6 is 15.6 Å². The van der Waals surface area contributed by atoms with E-state index >= 15 is 0 Å². The number of ether oxygens (including phenoxy) is 1. The minimum atomic E-state index is -5.13. The third-order valence-electron chi connectivity index (χ3n) is 2.38. The highest BCUT2D eigenvalue weighted by atomic mass is 31.2. The van der Waals surface area contributed by atoms with Crippen molar-refractivity contribution in [3.8, 4) is 0 Å². The summed E-state index contributed by atoms with van der Waals surface area (Å²) >= 11 is 0. The average Bonchev–Trinajstić information content (AvgIpc) is 2.49. The van der Waals surface area contributed by atoms with E-state index in [1.165, 1.54) is 0 Å². The Balaban J connectivity index is 2.84. The number of hydrogen-bond acceptors (Lipinski definition) is 8. The highest BCUT2D eigenvalue weighted by Crippen LogP contribution is 2.45. The van der Waals surface area contributed by atoms with Crippen LogP contribution in [0.4, 0.5) is 0 Å². The van der Waals surface area contributed by atoms with Gasteiger partial charge in [0.2, 0.25) is 5.79 Å². The molecule has 12 nitrogen and oxygen atoms in total. The zero-order chi connectivity index (χ0) is 15.8. The van der Waals surface area contributed by atoms with E-state index in [4.69, 9.17) is 24.7 Å². The molecule has 0 aromatic rings. The van der Waals surface area contributed by atoms with Crippen LogP contribution in [0.15, 0.2) is 0 Å². The molecule has 14 heteroatoms. The first-order chi connectivity index (χ1) is 8.88. The third kappa shape index (κ3) is 4.81. The monoisotopic (exact) mass is 340 g/mol. The Morgan fingerprint density at radius 1 is 1.15 bits per heavy atom. The molecule has 0 aliphatic carbocycles. The summed E-state index contributed by atoms with van der Waals surface area (Å²) in [6, 6.07) is 0. The van der Waals surface area contributed by atoms with Crippen molar-refractivity contribution in [3.05, 3.63) is 0 Å². The van der Waals surface area contributed by atoms with Crippen LogP contribution in [0.25, 0.3) is 0 Å². The predicted octanol–water partition coefficient (Wildman–Crippen LogP) is -2.99. The van der Waals surface area contributed by atoms with E-state index < -0.39 is 53.0 Å². The largest absolute Gasteiger partial charge is 0.470 e. The molecule has 1 aliphatic rings. The first-order valence-electron chi connectivity index (χ1n) is 5.01. The molecule has 20 heavy (non-hydrogen) atoms. The van der Waals surface area contributed by atoms with Crippen molar-refractivity contribution < 1.29 is 57.8 Å². The number of phosphoric ester groups is 2. The topological polar surface area (TPSA) is 203 Å². The maximum Gasteiger partial charge on any atom is 0.470 e. The maximum atomic E-state index is 10.7. The molecular formula is C6H14O12P2. The van der Waals surface area contributed by atoms with Gasteiger partial charge in [-0.15, -0.1) is 0 Å². The van der Waals surface area contributed by atoms with Gasteiger partial charge in [0.1, 0.15) is 12.2 Å². The molecule has 0 bridgehead atoms. The SMILES string of the molecule is O=P(O)(O)OC[C@H]1O[C@](O)(CO)[C@@H](OP(=O)(O)O)[C@@H]1O. The Bertz CT molecular complexity index is 428. The van der Waals surface area contributed by atoms with Gasteiger partial charge in [-0.25, -0.2) is 9.13 Å². The van der Waals surface area contributed by atoms with Crippen LogP contribution < -0.4 is 0 Å². The van der Waals surface area contributed by atoms with Crippen molar-refractivity contribution in [2.45, 2.75) is 24.1 Å². The van der Waals surface area contributed by atoms with Crippen LogP contribution in [-0.4, -0.2) is 72.2 Å². The van der Waals surface area contributed by atoms with Gasteiger partial charge in [-0.2, -0.15) is 0 Å². The van der Waals surface area contributed by atoms with Crippen molar-refractivity contribution >= 4 is 15.6 Å². The number of hydrogen-bond donors (Lipinski definition) is 7. The van der Waals surface area contributed by atoms with Crippen molar-refractivity contribution in [2.75, 3.05) is 13.2 Å². The molecule has 1 heterocycles. The van der Waals surface area contributed by atoms with E-state index in [-0.39, 0.29) is 0 Å². The van der Waals surface area contributed by atoms with Gasteiger partial charge in [-0.05, 0) is 0 Å². The summed E-state index contributed by atoms with van der Waals surface area (Å²) in [7, 11) is -10.0. The Morgan fingerprint density at radius 2 is 1.70 bits per heavy atom. The lowest BCUT2D eigenvalue weighted by Crippen LogP contribution is -2.47. The molecular weight excluding hydrogens is 326 g/mol. The third-order valence-corrected chi connectivity index (χ3v) is 3.36. The van der Waals surface area contributed by atoms with E-state index in [1.54, 1.807) is 0 Å². The summed E-state index contributed by atoms with van der Waals surface area (Å²) < 4.78 is 34.1. The van der Waals surface area contributed by atoms with Gasteiger partial charge in [0, 0.05) is 0 Å². The zero-order valence-electron chi connectivity index (χ0n) is 9.71. The molecule has 1 saturated heterocycles. The Morgan fingerprint density at radius 3 is 2.10 bits per heavy atom. The van der Waals surface area contributed by atoms with Gasteiger partial charge in [0.25, 0.3) is 0 Å². The van der Waals surface area contributed by atoms with Crippen molar-refractivity contribution in [2.24, 2.45) is 0 Å². The molecule has 7 N–H and O–H groups in total. The second-order valence-electron chi connectivity index (χ2n) is 3.95. The van der Waals surface area contributed by atoms with Crippen LogP contribution in [0.1, 0.15) is 0 Å². The Kier molecular flexibility index (Phi) is 5.48. The molecule has 0 radical (unpaired) electrons. The number of aliphatic hydroxyl groups excluding tert-OH is 2. The average molecular weight is 340 g/mol. The minimum Gasteiger partial charge on any atom is -0.391 e. The van der Waals surface area contributed by atoms with Gasteiger partial charge in [-0.3, -0.25) is 9.05 Å². The van der Waals surface area contributed by atoms with E-state index in [0.29, 0.717) is 0 Å². The number of aliphatic hydroxyl groups is 3. The van der Waals surface area contributed by atoms with Gasteiger partial charge in [0.05, 0.1) is 13.2 Å². The normalized spacial score (nSPS) is 35.5. The Hall–Kier alpha value is 0.0600. The fourth-order valence-corrected chi connectivity index (χ4v) is 2.51. The van der Waals surface area contributed by atoms with E-state index in [1.807, 2.05) is 0 Å². The zero-order valence-corrected chi connectivity index (χ0v) is 11.5. The minimum absolute atomic E-state index is 0.908. The quantitative estimate of drug-likeness (QED) is 0.242. The van der Waals surface area contributed by atoms with Crippen molar-refractivity contribution in [3.63, 3.8) is 0 Å². The molecule has 1 rings (SSSR count). The molecule has 0 aromatic heterocycles. The highest BCUT2D eigenvalue weighted by molar-refractivity contribution is 7.46. The second-order valence-corrected chi connectivity index (χ2v) is 6.38. The van der Waals surface area contributed by atoms with Crippen LogP contribution in [0.3, 0.4) is 0 Å². The molecule has 1 fully saturated rings. The first-order valence-corrected chi connectivity index (χ1v) is 8.07. The van der Waals surface area contributed by atoms with Crippen LogP contribution in [-0.2, 0) is 22.9 Å². The van der Waals surface area contributed by atoms with Gasteiger partial charge in [0.15, 0.2) is 6.10 Å². The summed E-state index contributed by atoms with van der Waals surface area (Å²) in [6.45, 7) is -2.10. The second kappa shape index (κ2) is 6.05. The lowest BCUT2D eigenvalue weighted by molar-refractivity contribution is -0.245. The van der Waals surface area contributed by atoms with Crippen LogP contribution in [0.2, 0.25) is 0 Å². The van der Waals surface area contributed by atoms with Gasteiger partial charge < -0.3 is 39.6 Å². The summed E-state index contributed by atoms with van der Waals surface area (Å²) in [5.74, 6) is -2.66. The predicted molar refractivity (Wildman–Crippen MR) is 57.8 cm³/mol. The summed E-state index contributed by atoms with van der Waals surface area (Å²) in [6.07, 6.45) is -5.54. The number of phosphoric acid groups is 2. The van der Waals surface area contributed by atoms with Gasteiger partial charge >= 0.3 is 15.6 Å². The van der Waals surface area contributed by atoms with E-state index in [9.17, 15) is 19.3 Å². The molecule has 0 spiro atoms. The summed E-state index contributed by atoms with van der Waals surface area (Å²) in [5, 5.41) is 28.4. The molecule has 4 atom stereocenters. The maximum absolute atomic E-state index is 10.7. The number of rotatable bonds is 6. The van der Waals surface area contributed by atoms with Crippen molar-refractivity contribution in [1.82, 2.24) is 0 Å². The van der Waals surface area contributed by atoms with Crippen molar-refractivity contribution in [1.29, 1.82) is 0 Å². The van der Waals surface area contributed by atoms with E-state index in [2.05, 4.69) is 13.8 Å². The van der Waals surface area contributed by atoms with E-state index in [0.717, 1.165) is 0 Å². The molecule has 0 saturated carbocycles. The van der Waals surface area contributed by atoms with Crippen LogP contribution in [0, 0.1) is 0 Å². The smallest absolute Gasteiger partial charge is 0.391 e. The lowest BCUT2D eigenvalue weighted by Gasteiger charge is -2.27. The summed E-state index contributed by atoms with van der Waals surface area (Å²) in [5.41, 5.74) is 0. The fraction of sp³-hybridized carbons (Fsp3) is 1.00. The lowest BCUT2D eigenvalue weighted by atomic mass is 10.1. The van der Waals surface area contributed by atoms with Gasteiger partial charge in [-0.1, -0.05) is 0 Å². The standard InChI is InChI=1S/C6H14O12P2/c7-2-6(9)5(18-20(13,14)15)4(8)3(17-6)1-16-19(10,11)12/h3-5,7-9H,1-2H2,(H2,10,11,12)(H2,13,14,15)/t3-,4-,5+,6-/m1/s1. The molecule has 0 unspecified atom stereocenters. The first kappa shape index (κ1) is 18.1. The Labute approximate surface area is 112 Å². The molecule has 0 amide bonds. The molecule has 0 aromatic carbocycles. The fourth-order valence-electron chi connectivity index (χ4n) is 1.58. The summed E-state index contributed by atoms with van der Waals surface area (Å²) in [4.78, 5) is 34.3. The molecule has 1 aliphatic heterocycles. The highest BCUT2D eigenvalue weighted by Gasteiger charge is 2.57.